The van der Waals surface area contributed by atoms with E-state index in [1.807, 2.05) is 18.2 Å². The topological polar surface area (TPSA) is 155 Å². The summed E-state index contributed by atoms with van der Waals surface area (Å²) in [6.45, 7) is 10.7. The second kappa shape index (κ2) is 23.8. The van der Waals surface area contributed by atoms with Crippen molar-refractivity contribution in [2.75, 3.05) is 0 Å². The predicted molar refractivity (Wildman–Crippen MR) is 101 cm³/mol. The van der Waals surface area contributed by atoms with Crippen LogP contribution in [-0.2, 0) is 16.8 Å². The quantitative estimate of drug-likeness (QED) is 0.424. The first kappa shape index (κ1) is 30.4. The first-order chi connectivity index (χ1) is 11.4. The van der Waals surface area contributed by atoms with Gasteiger partial charge in [0.05, 0.1) is 0 Å². The summed E-state index contributed by atoms with van der Waals surface area (Å²) in [6, 6.07) is 5.72. The normalized spacial score (nSPS) is 11.3. The standard InChI is InChI=1S/C5H5N.2C4H8N2O2.C2H5.Co/c1-2-4-6-5-3-1;2*1-3(5-7)4(2)6-8;1-2;/h1-5H;2*7-8H,1-2H3;1H2,2H3;/q;;;-1;/p-4. The fraction of sp³-hybridized carbons (Fsp3) is 0.333. The number of nitrogens with zero attached hydrogens (tertiary/aromatic N) is 5. The third-order valence-electron chi connectivity index (χ3n) is 2.16. The molecule has 1 aromatic heterocycles. The molecule has 0 N–H and O–H groups in total. The van der Waals surface area contributed by atoms with Crippen molar-refractivity contribution in [3.05, 3.63) is 58.3 Å². The van der Waals surface area contributed by atoms with Crippen LogP contribution in [0, 0.1) is 27.8 Å². The van der Waals surface area contributed by atoms with E-state index in [4.69, 9.17) is 0 Å². The van der Waals surface area contributed by atoms with Crippen molar-refractivity contribution in [2.45, 2.75) is 34.6 Å². The second-order valence-electron chi connectivity index (χ2n) is 3.73. The van der Waals surface area contributed by atoms with E-state index in [9.17, 15) is 20.8 Å². The van der Waals surface area contributed by atoms with E-state index in [0.29, 0.717) is 0 Å². The van der Waals surface area contributed by atoms with Crippen LogP contribution in [0.4, 0.5) is 0 Å². The van der Waals surface area contributed by atoms with E-state index in [1.165, 1.54) is 27.7 Å². The molecule has 0 saturated carbocycles. The fourth-order valence-corrected chi connectivity index (χ4v) is 0.577. The largest absolute Gasteiger partial charge is 0.792 e. The van der Waals surface area contributed by atoms with Crippen molar-refractivity contribution in [3.63, 3.8) is 0 Å². The summed E-state index contributed by atoms with van der Waals surface area (Å²) in [5, 5.41) is 48.4. The number of rotatable bonds is 2. The molecule has 1 radical (unpaired) electrons. The van der Waals surface area contributed by atoms with Gasteiger partial charge in [0, 0.05) is 52.0 Å². The molecule has 10 heteroatoms. The van der Waals surface area contributed by atoms with Crippen molar-refractivity contribution in [2.24, 2.45) is 20.6 Å². The maximum absolute atomic E-state index is 9.60. The van der Waals surface area contributed by atoms with Crippen molar-refractivity contribution in [1.82, 2.24) is 4.98 Å². The van der Waals surface area contributed by atoms with Gasteiger partial charge in [-0.15, -0.1) is 0 Å². The molecule has 0 aromatic carbocycles. The van der Waals surface area contributed by atoms with Crippen LogP contribution in [0.15, 0.2) is 51.2 Å². The molecule has 0 unspecified atom stereocenters. The van der Waals surface area contributed by atoms with Crippen molar-refractivity contribution in [1.29, 1.82) is 0 Å². The van der Waals surface area contributed by atoms with Gasteiger partial charge in [-0.3, -0.25) is 4.98 Å². The Morgan fingerprint density at radius 2 is 0.880 bits per heavy atom. The molecule has 1 heterocycles. The average Bonchev–Trinajstić information content (AvgIpc) is 2.69. The maximum atomic E-state index is 9.60. The Bertz CT molecular complexity index is 429. The summed E-state index contributed by atoms with van der Waals surface area (Å²) in [7, 11) is 0. The Kier molecular flexibility index (Phi) is 29.0. The third kappa shape index (κ3) is 21.5. The van der Waals surface area contributed by atoms with E-state index in [1.54, 1.807) is 19.3 Å². The van der Waals surface area contributed by atoms with Crippen LogP contribution in [0.1, 0.15) is 34.6 Å². The van der Waals surface area contributed by atoms with Crippen LogP contribution < -0.4 is 0 Å². The van der Waals surface area contributed by atoms with E-state index < -0.39 is 0 Å². The maximum Gasteiger partial charge on any atom is 0.0465 e. The predicted octanol–water partition coefficient (Wildman–Crippen LogP) is 3.73. The van der Waals surface area contributed by atoms with Gasteiger partial charge in [0.15, 0.2) is 0 Å². The van der Waals surface area contributed by atoms with Crippen LogP contribution in [0.5, 0.6) is 0 Å². The number of hydrogen-bond acceptors (Lipinski definition) is 9. The zero-order valence-electron chi connectivity index (χ0n) is 14.8. The first-order valence-corrected chi connectivity index (χ1v) is 6.68. The minimum absolute atomic E-state index is 0. The Balaban J connectivity index is -0.000000124. The molecule has 1 rings (SSSR count). The molecule has 1 aromatic rings. The van der Waals surface area contributed by atoms with Crippen molar-refractivity contribution in [3.8, 4) is 0 Å². The van der Waals surface area contributed by atoms with Gasteiger partial charge in [-0.1, -0.05) is 6.07 Å². The summed E-state index contributed by atoms with van der Waals surface area (Å²) in [6.07, 6.45) is 3.50. The van der Waals surface area contributed by atoms with E-state index in [0.717, 1.165) is 0 Å². The summed E-state index contributed by atoms with van der Waals surface area (Å²) in [5.41, 5.74) is 0.556. The molecule has 9 nitrogen and oxygen atoms in total. The molecular formula is C15H22CoN5O4-5. The molecule has 0 saturated heterocycles. The molecule has 25 heavy (non-hydrogen) atoms. The minimum Gasteiger partial charge on any atom is -0.792 e. The van der Waals surface area contributed by atoms with Gasteiger partial charge in [0.2, 0.25) is 0 Å². The molecule has 0 fully saturated rings. The molecule has 0 bridgehead atoms. The van der Waals surface area contributed by atoms with Gasteiger partial charge >= 0.3 is 0 Å². The van der Waals surface area contributed by atoms with Gasteiger partial charge in [-0.2, -0.15) is 6.92 Å². The summed E-state index contributed by atoms with van der Waals surface area (Å²) in [4.78, 5) is 3.78. The Hall–Kier alpha value is -2.46. The van der Waals surface area contributed by atoms with Gasteiger partial charge in [-0.05, 0) is 39.8 Å². The molecule has 0 aliphatic rings. The fourth-order valence-electron chi connectivity index (χ4n) is 0.577. The van der Waals surface area contributed by atoms with Gasteiger partial charge < -0.3 is 48.4 Å². The molecule has 0 amide bonds. The zero-order valence-corrected chi connectivity index (χ0v) is 15.8. The third-order valence-corrected chi connectivity index (χ3v) is 2.16. The first-order valence-electron chi connectivity index (χ1n) is 6.68. The number of pyridine rings is 1. The molecular weight excluding hydrogens is 373 g/mol. The SMILES string of the molecule is CC(=N[O-])C(C)=N[O-].CC(=N[O-])C(C)=N[O-].[CH2-]C.[Co].c1ccncc1. The Morgan fingerprint density at radius 3 is 0.960 bits per heavy atom. The van der Waals surface area contributed by atoms with Crippen LogP contribution in [0.25, 0.3) is 0 Å². The summed E-state index contributed by atoms with van der Waals surface area (Å²) >= 11 is 0. The monoisotopic (exact) mass is 395 g/mol. The van der Waals surface area contributed by atoms with Crippen molar-refractivity contribution < 1.29 is 16.8 Å². The van der Waals surface area contributed by atoms with Gasteiger partial charge in [-0.25, -0.2) is 0 Å². The average molecular weight is 395 g/mol. The Morgan fingerprint density at radius 1 is 0.640 bits per heavy atom. The Labute approximate surface area is 158 Å². The van der Waals surface area contributed by atoms with Crippen LogP contribution in [0.2, 0.25) is 0 Å². The molecule has 145 valence electrons. The smallest absolute Gasteiger partial charge is 0.0465 e. The molecule has 0 aliphatic heterocycles. The van der Waals surface area contributed by atoms with E-state index in [2.05, 4.69) is 32.5 Å². The van der Waals surface area contributed by atoms with E-state index >= 15 is 0 Å². The van der Waals surface area contributed by atoms with Gasteiger partial charge in [0.1, 0.15) is 0 Å². The summed E-state index contributed by atoms with van der Waals surface area (Å²) in [5.74, 6) is 0. The van der Waals surface area contributed by atoms with Crippen LogP contribution in [-0.4, -0.2) is 27.8 Å². The summed E-state index contributed by atoms with van der Waals surface area (Å²) < 4.78 is 0. The molecule has 0 atom stereocenters. The van der Waals surface area contributed by atoms with Crippen LogP contribution in [0.3, 0.4) is 0 Å². The van der Waals surface area contributed by atoms with E-state index in [-0.39, 0.29) is 39.6 Å². The van der Waals surface area contributed by atoms with Crippen molar-refractivity contribution >= 4 is 22.8 Å². The molecule has 0 spiro atoms. The van der Waals surface area contributed by atoms with Crippen LogP contribution >= 0.6 is 0 Å². The zero-order chi connectivity index (χ0) is 19.4. The number of aromatic nitrogens is 1. The second-order valence-corrected chi connectivity index (χ2v) is 3.73. The minimum atomic E-state index is 0. The molecule has 0 aliphatic carbocycles. The number of hydrogen-bond donors (Lipinski definition) is 0. The van der Waals surface area contributed by atoms with Gasteiger partial charge in [0.25, 0.3) is 0 Å².